The van der Waals surface area contributed by atoms with E-state index in [4.69, 9.17) is 10.8 Å². The number of nitrogens with two attached hydrogens (primary N) is 1. The second-order valence-electron chi connectivity index (χ2n) is 4.64. The van der Waals surface area contributed by atoms with Gasteiger partial charge in [0.25, 0.3) is 0 Å². The number of hydrogen-bond acceptors (Lipinski definition) is 3. The maximum absolute atomic E-state index is 12.1. The van der Waals surface area contributed by atoms with E-state index in [9.17, 15) is 9.59 Å². The van der Waals surface area contributed by atoms with Crippen LogP contribution < -0.4 is 11.1 Å². The normalized spacial score (nSPS) is 18.9. The van der Waals surface area contributed by atoms with Gasteiger partial charge in [0.2, 0.25) is 0 Å². The molecule has 0 bridgehead atoms. The molecule has 1 heterocycles. The molecule has 102 valence electrons. The summed E-state index contributed by atoms with van der Waals surface area (Å²) in [6, 6.07) is 6.68. The molecule has 1 aromatic carbocycles. The van der Waals surface area contributed by atoms with E-state index in [0.29, 0.717) is 30.8 Å². The van der Waals surface area contributed by atoms with Crippen molar-refractivity contribution < 1.29 is 14.7 Å². The summed E-state index contributed by atoms with van der Waals surface area (Å²) >= 11 is 0. The number of carboxylic acid groups (broad SMARTS) is 1. The Morgan fingerprint density at radius 2 is 2.11 bits per heavy atom. The lowest BCUT2D eigenvalue weighted by Crippen LogP contribution is -2.44. The van der Waals surface area contributed by atoms with Gasteiger partial charge in [-0.25, -0.2) is 4.79 Å². The maximum atomic E-state index is 12.1. The predicted molar refractivity (Wildman–Crippen MR) is 71.8 cm³/mol. The van der Waals surface area contributed by atoms with Gasteiger partial charge in [-0.05, 0) is 25.0 Å². The van der Waals surface area contributed by atoms with Crippen LogP contribution in [0.4, 0.5) is 16.2 Å². The van der Waals surface area contributed by atoms with Crippen molar-refractivity contribution in [1.29, 1.82) is 0 Å². The van der Waals surface area contributed by atoms with E-state index >= 15 is 0 Å². The van der Waals surface area contributed by atoms with Crippen molar-refractivity contribution in [2.24, 2.45) is 5.92 Å². The van der Waals surface area contributed by atoms with Gasteiger partial charge in [-0.15, -0.1) is 0 Å². The second-order valence-corrected chi connectivity index (χ2v) is 4.64. The molecule has 1 unspecified atom stereocenters. The smallest absolute Gasteiger partial charge is 0.321 e. The molecule has 0 radical (unpaired) electrons. The van der Waals surface area contributed by atoms with E-state index in [1.165, 1.54) is 4.90 Å². The van der Waals surface area contributed by atoms with E-state index in [2.05, 4.69) is 5.32 Å². The standard InChI is InChI=1S/C13H17N3O3/c14-10-5-1-2-6-11(10)15-13(19)16-7-3-4-9(8-16)12(17)18/h1-2,5-6,9H,3-4,7-8,14H2,(H,15,19)(H,17,18). The van der Waals surface area contributed by atoms with Gasteiger partial charge in [-0.1, -0.05) is 12.1 Å². The molecule has 6 heteroatoms. The second kappa shape index (κ2) is 5.60. The molecule has 4 N–H and O–H groups in total. The van der Waals surface area contributed by atoms with Crippen molar-refractivity contribution in [3.63, 3.8) is 0 Å². The maximum Gasteiger partial charge on any atom is 0.321 e. The van der Waals surface area contributed by atoms with Crippen molar-refractivity contribution in [2.45, 2.75) is 12.8 Å². The first-order valence-electron chi connectivity index (χ1n) is 6.21. The Morgan fingerprint density at radius 3 is 2.79 bits per heavy atom. The van der Waals surface area contributed by atoms with Crippen LogP contribution in [0, 0.1) is 5.92 Å². The number of nitrogen functional groups attached to an aromatic ring is 1. The molecule has 0 saturated carbocycles. The fraction of sp³-hybridized carbons (Fsp3) is 0.385. The summed E-state index contributed by atoms with van der Waals surface area (Å²) in [5.74, 6) is -1.33. The zero-order chi connectivity index (χ0) is 13.8. The number of urea groups is 1. The zero-order valence-corrected chi connectivity index (χ0v) is 10.5. The van der Waals surface area contributed by atoms with Gasteiger partial charge in [0, 0.05) is 13.1 Å². The van der Waals surface area contributed by atoms with Crippen molar-refractivity contribution in [1.82, 2.24) is 4.90 Å². The molecule has 1 atom stereocenters. The Kier molecular flexibility index (Phi) is 3.89. The molecule has 2 amide bonds. The van der Waals surface area contributed by atoms with Crippen LogP contribution in [-0.4, -0.2) is 35.1 Å². The predicted octanol–water partition coefficient (Wildman–Crippen LogP) is 1.60. The Balaban J connectivity index is 2.00. The molecule has 0 aliphatic carbocycles. The van der Waals surface area contributed by atoms with E-state index in [1.807, 2.05) is 0 Å². The lowest BCUT2D eigenvalue weighted by molar-refractivity contribution is -0.143. The number of rotatable bonds is 2. The van der Waals surface area contributed by atoms with Crippen LogP contribution in [-0.2, 0) is 4.79 Å². The molecule has 19 heavy (non-hydrogen) atoms. The Hall–Kier alpha value is -2.24. The average molecular weight is 263 g/mol. The highest BCUT2D eigenvalue weighted by Gasteiger charge is 2.28. The first-order valence-corrected chi connectivity index (χ1v) is 6.21. The molecule has 1 aromatic rings. The molecular formula is C13H17N3O3. The van der Waals surface area contributed by atoms with Crippen molar-refractivity contribution in [3.05, 3.63) is 24.3 Å². The van der Waals surface area contributed by atoms with Gasteiger partial charge in [0.15, 0.2) is 0 Å². The highest BCUT2D eigenvalue weighted by Crippen LogP contribution is 2.20. The van der Waals surface area contributed by atoms with Crippen LogP contribution in [0.25, 0.3) is 0 Å². The van der Waals surface area contributed by atoms with Crippen LogP contribution in [0.5, 0.6) is 0 Å². The van der Waals surface area contributed by atoms with E-state index < -0.39 is 11.9 Å². The number of amides is 2. The quantitative estimate of drug-likeness (QED) is 0.706. The topological polar surface area (TPSA) is 95.7 Å². The van der Waals surface area contributed by atoms with Crippen molar-refractivity contribution >= 4 is 23.4 Å². The largest absolute Gasteiger partial charge is 0.481 e. The first kappa shape index (κ1) is 13.2. The molecule has 1 saturated heterocycles. The minimum atomic E-state index is -0.850. The Morgan fingerprint density at radius 1 is 1.37 bits per heavy atom. The van der Waals surface area contributed by atoms with Crippen LogP contribution in [0.15, 0.2) is 24.3 Å². The summed E-state index contributed by atoms with van der Waals surface area (Å²) in [7, 11) is 0. The number of benzene rings is 1. The molecule has 6 nitrogen and oxygen atoms in total. The molecule has 1 aliphatic rings. The summed E-state index contributed by atoms with van der Waals surface area (Å²) in [6.45, 7) is 0.816. The van der Waals surface area contributed by atoms with Gasteiger partial charge in [-0.3, -0.25) is 4.79 Å². The van der Waals surface area contributed by atoms with Crippen molar-refractivity contribution in [3.8, 4) is 0 Å². The summed E-state index contributed by atoms with van der Waals surface area (Å²) in [5, 5.41) is 11.7. The number of carbonyl (C=O) groups is 2. The van der Waals surface area contributed by atoms with E-state index in [-0.39, 0.29) is 12.6 Å². The third kappa shape index (κ3) is 3.15. The molecule has 1 fully saturated rings. The lowest BCUT2D eigenvalue weighted by atomic mass is 9.99. The average Bonchev–Trinajstić information content (AvgIpc) is 2.41. The monoisotopic (exact) mass is 263 g/mol. The molecule has 1 aliphatic heterocycles. The Bertz CT molecular complexity index is 490. The summed E-state index contributed by atoms with van der Waals surface area (Å²) in [5.41, 5.74) is 6.78. The van der Waals surface area contributed by atoms with Crippen LogP contribution in [0.2, 0.25) is 0 Å². The number of hydrogen-bond donors (Lipinski definition) is 3. The third-order valence-corrected chi connectivity index (χ3v) is 3.26. The van der Waals surface area contributed by atoms with Gasteiger partial charge in [0.05, 0.1) is 17.3 Å². The van der Waals surface area contributed by atoms with E-state index in [0.717, 1.165) is 0 Å². The summed E-state index contributed by atoms with van der Waals surface area (Å²) in [4.78, 5) is 24.5. The number of carboxylic acids is 1. The number of para-hydroxylation sites is 2. The third-order valence-electron chi connectivity index (χ3n) is 3.26. The van der Waals surface area contributed by atoms with Gasteiger partial charge in [0.1, 0.15) is 0 Å². The summed E-state index contributed by atoms with van der Waals surface area (Å²) in [6.07, 6.45) is 1.32. The van der Waals surface area contributed by atoms with Gasteiger partial charge >= 0.3 is 12.0 Å². The highest BCUT2D eigenvalue weighted by molar-refractivity contribution is 5.92. The van der Waals surface area contributed by atoms with Crippen LogP contribution >= 0.6 is 0 Å². The van der Waals surface area contributed by atoms with E-state index in [1.54, 1.807) is 24.3 Å². The highest BCUT2D eigenvalue weighted by atomic mass is 16.4. The van der Waals surface area contributed by atoms with Crippen LogP contribution in [0.1, 0.15) is 12.8 Å². The van der Waals surface area contributed by atoms with Gasteiger partial charge in [-0.2, -0.15) is 0 Å². The van der Waals surface area contributed by atoms with Crippen molar-refractivity contribution in [2.75, 3.05) is 24.1 Å². The summed E-state index contributed by atoms with van der Waals surface area (Å²) < 4.78 is 0. The Labute approximate surface area is 111 Å². The number of nitrogens with zero attached hydrogens (tertiary/aromatic N) is 1. The number of nitrogens with one attached hydrogen (secondary N) is 1. The fourth-order valence-corrected chi connectivity index (χ4v) is 2.17. The number of piperidine rings is 1. The molecule has 0 spiro atoms. The SMILES string of the molecule is Nc1ccccc1NC(=O)N1CCCC(C(=O)O)C1. The number of likely N-dealkylation sites (tertiary alicyclic amines) is 1. The van der Waals surface area contributed by atoms with Crippen LogP contribution in [0.3, 0.4) is 0 Å². The minimum absolute atomic E-state index is 0.244. The molecular weight excluding hydrogens is 246 g/mol. The fourth-order valence-electron chi connectivity index (χ4n) is 2.17. The van der Waals surface area contributed by atoms with Gasteiger partial charge < -0.3 is 21.1 Å². The number of anilines is 2. The number of aliphatic carboxylic acids is 1. The minimum Gasteiger partial charge on any atom is -0.481 e. The first-order chi connectivity index (χ1) is 9.08. The lowest BCUT2D eigenvalue weighted by Gasteiger charge is -2.30. The number of carbonyl (C=O) groups excluding carboxylic acids is 1. The molecule has 0 aromatic heterocycles. The zero-order valence-electron chi connectivity index (χ0n) is 10.5. The molecule has 2 rings (SSSR count).